The van der Waals surface area contributed by atoms with Crippen LogP contribution in [0, 0.1) is 0 Å². The number of hydrogen-bond donors (Lipinski definition) is 3. The molecule has 1 heterocycles. The predicted octanol–water partition coefficient (Wildman–Crippen LogP) is 1.76. The summed E-state index contributed by atoms with van der Waals surface area (Å²) in [5.41, 5.74) is 4.33. The Hall–Kier alpha value is -0.900. The molecule has 0 aromatic heterocycles. The van der Waals surface area contributed by atoms with E-state index in [1.54, 1.807) is 0 Å². The Morgan fingerprint density at radius 1 is 1.44 bits per heavy atom. The first-order chi connectivity index (χ1) is 8.85. The molecule has 0 amide bonds. The van der Waals surface area contributed by atoms with Crippen molar-refractivity contribution in [2.75, 3.05) is 19.7 Å². The molecule has 1 aliphatic heterocycles. The molecule has 0 bridgehead atoms. The summed E-state index contributed by atoms with van der Waals surface area (Å²) in [5, 5.41) is 15.7. The van der Waals surface area contributed by atoms with Gasteiger partial charge in [-0.1, -0.05) is 25.1 Å². The van der Waals surface area contributed by atoms with Gasteiger partial charge in [-0.2, -0.15) is 0 Å². The standard InChI is InChI=1S/C15H24N2O/c1-2-15-14-5-4-12(11-16-7-3-9-18)10-13(14)6-8-17-15/h4-5,10,15-18H,2-3,6-9,11H2,1H3. The summed E-state index contributed by atoms with van der Waals surface area (Å²) in [5.74, 6) is 0. The van der Waals surface area contributed by atoms with Crippen LogP contribution in [0.4, 0.5) is 0 Å². The van der Waals surface area contributed by atoms with Crippen LogP contribution in [0.25, 0.3) is 0 Å². The van der Waals surface area contributed by atoms with E-state index in [0.717, 1.165) is 38.9 Å². The maximum absolute atomic E-state index is 8.73. The summed E-state index contributed by atoms with van der Waals surface area (Å²) >= 11 is 0. The largest absolute Gasteiger partial charge is 0.396 e. The fourth-order valence-corrected chi connectivity index (χ4v) is 2.62. The summed E-state index contributed by atoms with van der Waals surface area (Å²) in [6, 6.07) is 7.37. The Bertz CT molecular complexity index is 379. The summed E-state index contributed by atoms with van der Waals surface area (Å²) in [6.07, 6.45) is 3.12. The zero-order valence-corrected chi connectivity index (χ0v) is 11.2. The molecule has 0 saturated heterocycles. The lowest BCUT2D eigenvalue weighted by molar-refractivity contribution is 0.286. The highest BCUT2D eigenvalue weighted by Gasteiger charge is 2.17. The molecule has 100 valence electrons. The molecule has 1 aromatic rings. The Labute approximate surface area is 110 Å². The third kappa shape index (κ3) is 3.31. The normalized spacial score (nSPS) is 18.7. The average molecular weight is 248 g/mol. The summed E-state index contributed by atoms with van der Waals surface area (Å²) < 4.78 is 0. The molecule has 3 N–H and O–H groups in total. The van der Waals surface area contributed by atoms with Gasteiger partial charge in [0.2, 0.25) is 0 Å². The maximum Gasteiger partial charge on any atom is 0.0443 e. The monoisotopic (exact) mass is 248 g/mol. The minimum absolute atomic E-state index is 0.265. The van der Waals surface area contributed by atoms with Crippen molar-refractivity contribution >= 4 is 0 Å². The van der Waals surface area contributed by atoms with E-state index in [9.17, 15) is 0 Å². The number of aliphatic hydroxyl groups excluding tert-OH is 1. The lowest BCUT2D eigenvalue weighted by Crippen LogP contribution is -2.29. The second-order valence-electron chi connectivity index (χ2n) is 4.95. The lowest BCUT2D eigenvalue weighted by atomic mass is 9.91. The van der Waals surface area contributed by atoms with Crippen LogP contribution < -0.4 is 10.6 Å². The maximum atomic E-state index is 8.73. The molecule has 3 nitrogen and oxygen atoms in total. The number of fused-ring (bicyclic) bond motifs is 1. The number of aliphatic hydroxyl groups is 1. The molecule has 1 atom stereocenters. The Morgan fingerprint density at radius 2 is 2.33 bits per heavy atom. The molecule has 0 aliphatic carbocycles. The molecule has 1 aliphatic rings. The minimum Gasteiger partial charge on any atom is -0.396 e. The molecule has 3 heteroatoms. The van der Waals surface area contributed by atoms with Gasteiger partial charge in [-0.3, -0.25) is 0 Å². The molecular weight excluding hydrogens is 224 g/mol. The van der Waals surface area contributed by atoms with Gasteiger partial charge in [0.1, 0.15) is 0 Å². The van der Waals surface area contributed by atoms with Crippen LogP contribution in [-0.4, -0.2) is 24.8 Å². The molecule has 1 aromatic carbocycles. The van der Waals surface area contributed by atoms with E-state index < -0.39 is 0 Å². The molecule has 0 spiro atoms. The van der Waals surface area contributed by atoms with E-state index >= 15 is 0 Å². The van der Waals surface area contributed by atoms with Crippen molar-refractivity contribution in [3.05, 3.63) is 34.9 Å². The number of rotatable bonds is 6. The smallest absolute Gasteiger partial charge is 0.0443 e. The van der Waals surface area contributed by atoms with E-state index in [4.69, 9.17) is 5.11 Å². The molecule has 0 radical (unpaired) electrons. The molecule has 0 fully saturated rings. The number of benzene rings is 1. The van der Waals surface area contributed by atoms with Crippen LogP contribution in [-0.2, 0) is 13.0 Å². The third-order valence-corrected chi connectivity index (χ3v) is 3.62. The SMILES string of the molecule is CCC1NCCc2cc(CNCCCO)ccc21. The van der Waals surface area contributed by atoms with E-state index in [1.807, 2.05) is 0 Å². The van der Waals surface area contributed by atoms with Gasteiger partial charge in [0.25, 0.3) is 0 Å². The van der Waals surface area contributed by atoms with Crippen LogP contribution in [0.15, 0.2) is 18.2 Å². The summed E-state index contributed by atoms with van der Waals surface area (Å²) in [6.45, 7) is 5.37. The lowest BCUT2D eigenvalue weighted by Gasteiger charge is -2.26. The third-order valence-electron chi connectivity index (χ3n) is 3.62. The second kappa shape index (κ2) is 6.88. The van der Waals surface area contributed by atoms with Gasteiger partial charge in [-0.15, -0.1) is 0 Å². The molecule has 1 unspecified atom stereocenters. The predicted molar refractivity (Wildman–Crippen MR) is 74.6 cm³/mol. The van der Waals surface area contributed by atoms with Gasteiger partial charge in [-0.25, -0.2) is 0 Å². The molecule has 2 rings (SSSR count). The Morgan fingerprint density at radius 3 is 3.11 bits per heavy atom. The quantitative estimate of drug-likeness (QED) is 0.672. The van der Waals surface area contributed by atoms with Crippen molar-refractivity contribution < 1.29 is 5.11 Å². The first-order valence-corrected chi connectivity index (χ1v) is 7.01. The van der Waals surface area contributed by atoms with Crippen molar-refractivity contribution in [2.45, 2.75) is 38.8 Å². The highest BCUT2D eigenvalue weighted by atomic mass is 16.3. The van der Waals surface area contributed by atoms with Gasteiger partial charge in [0, 0.05) is 19.2 Å². The molecule has 0 saturated carbocycles. The van der Waals surface area contributed by atoms with E-state index in [-0.39, 0.29) is 6.61 Å². The fraction of sp³-hybridized carbons (Fsp3) is 0.600. The van der Waals surface area contributed by atoms with Gasteiger partial charge < -0.3 is 15.7 Å². The Kier molecular flexibility index (Phi) is 5.17. The van der Waals surface area contributed by atoms with Gasteiger partial charge in [0.15, 0.2) is 0 Å². The van der Waals surface area contributed by atoms with Crippen LogP contribution >= 0.6 is 0 Å². The van der Waals surface area contributed by atoms with E-state index in [1.165, 1.54) is 16.7 Å². The van der Waals surface area contributed by atoms with Crippen molar-refractivity contribution in [3.8, 4) is 0 Å². The van der Waals surface area contributed by atoms with Crippen molar-refractivity contribution in [2.24, 2.45) is 0 Å². The van der Waals surface area contributed by atoms with Crippen LogP contribution in [0.5, 0.6) is 0 Å². The first-order valence-electron chi connectivity index (χ1n) is 7.01. The van der Waals surface area contributed by atoms with Crippen LogP contribution in [0.2, 0.25) is 0 Å². The van der Waals surface area contributed by atoms with Crippen LogP contribution in [0.3, 0.4) is 0 Å². The Balaban J connectivity index is 1.98. The van der Waals surface area contributed by atoms with Gasteiger partial charge in [-0.05, 0) is 49.0 Å². The van der Waals surface area contributed by atoms with Crippen molar-refractivity contribution in [1.29, 1.82) is 0 Å². The summed E-state index contributed by atoms with van der Waals surface area (Å²) in [7, 11) is 0. The minimum atomic E-state index is 0.265. The molecular formula is C15H24N2O. The average Bonchev–Trinajstić information content (AvgIpc) is 2.42. The zero-order valence-electron chi connectivity index (χ0n) is 11.2. The van der Waals surface area contributed by atoms with Gasteiger partial charge in [0.05, 0.1) is 0 Å². The topological polar surface area (TPSA) is 44.3 Å². The van der Waals surface area contributed by atoms with Gasteiger partial charge >= 0.3 is 0 Å². The highest BCUT2D eigenvalue weighted by molar-refractivity contribution is 5.36. The van der Waals surface area contributed by atoms with E-state index in [0.29, 0.717) is 6.04 Å². The van der Waals surface area contributed by atoms with Crippen LogP contribution in [0.1, 0.15) is 42.5 Å². The highest BCUT2D eigenvalue weighted by Crippen LogP contribution is 2.25. The fourth-order valence-electron chi connectivity index (χ4n) is 2.62. The zero-order chi connectivity index (χ0) is 12.8. The number of nitrogens with one attached hydrogen (secondary N) is 2. The summed E-state index contributed by atoms with van der Waals surface area (Å²) in [4.78, 5) is 0. The second-order valence-corrected chi connectivity index (χ2v) is 4.95. The van der Waals surface area contributed by atoms with Crippen molar-refractivity contribution in [3.63, 3.8) is 0 Å². The first kappa shape index (κ1) is 13.5. The van der Waals surface area contributed by atoms with Crippen molar-refractivity contribution in [1.82, 2.24) is 10.6 Å². The molecule has 18 heavy (non-hydrogen) atoms. The van der Waals surface area contributed by atoms with E-state index in [2.05, 4.69) is 35.8 Å². The number of hydrogen-bond acceptors (Lipinski definition) is 3.